The first-order chi connectivity index (χ1) is 20.0. The molecule has 2 N–H and O–H groups in total. The second-order valence-corrected chi connectivity index (χ2v) is 9.80. The third-order valence-corrected chi connectivity index (χ3v) is 7.52. The van der Waals surface area contributed by atoms with E-state index in [0.717, 1.165) is 28.2 Å². The first-order valence-electron chi connectivity index (χ1n) is 13.3. The summed E-state index contributed by atoms with van der Waals surface area (Å²) in [6.07, 6.45) is 1.09. The molecule has 10 heteroatoms. The van der Waals surface area contributed by atoms with Crippen LogP contribution in [0.5, 0.6) is 11.5 Å². The molecule has 3 atom stereocenters. The summed E-state index contributed by atoms with van der Waals surface area (Å²) < 4.78 is 25.7. The average Bonchev–Trinajstić information content (AvgIpc) is 3.62. The van der Waals surface area contributed by atoms with E-state index in [-0.39, 0.29) is 24.1 Å². The van der Waals surface area contributed by atoms with Crippen molar-refractivity contribution in [1.29, 1.82) is 0 Å². The summed E-state index contributed by atoms with van der Waals surface area (Å²) >= 11 is 0. The number of ether oxygens (including phenoxy) is 4. The number of imidazole rings is 1. The van der Waals surface area contributed by atoms with Gasteiger partial charge in [-0.3, -0.25) is 9.36 Å². The first-order valence-corrected chi connectivity index (χ1v) is 13.3. The van der Waals surface area contributed by atoms with E-state index in [4.69, 9.17) is 18.9 Å². The topological polar surface area (TPSA) is 121 Å². The largest absolute Gasteiger partial charge is 0.497 e. The molecule has 1 aliphatic heterocycles. The van der Waals surface area contributed by atoms with Gasteiger partial charge < -0.3 is 29.0 Å². The lowest BCUT2D eigenvalue weighted by Crippen LogP contribution is -2.38. The van der Waals surface area contributed by atoms with E-state index in [2.05, 4.69) is 15.0 Å². The molecule has 210 valence electrons. The van der Waals surface area contributed by atoms with Gasteiger partial charge in [0.2, 0.25) is 0 Å². The van der Waals surface area contributed by atoms with Crippen LogP contribution in [0.15, 0.2) is 96.3 Å². The number of nitrogens with zero attached hydrogens (tertiary/aromatic N) is 3. The molecule has 3 aromatic carbocycles. The molecule has 0 aliphatic carbocycles. The lowest BCUT2D eigenvalue weighted by atomic mass is 9.80. The molecule has 0 radical (unpaired) electrons. The summed E-state index contributed by atoms with van der Waals surface area (Å²) in [5.74, 6) is 1.45. The molecule has 2 aromatic heterocycles. The Morgan fingerprint density at radius 2 is 1.54 bits per heavy atom. The zero-order valence-electron chi connectivity index (χ0n) is 22.6. The molecule has 1 fully saturated rings. The van der Waals surface area contributed by atoms with Crippen molar-refractivity contribution in [3.05, 3.63) is 119 Å². The molecular weight excluding hydrogens is 524 g/mol. The normalized spacial score (nSPS) is 19.0. The maximum atomic E-state index is 12.1. The molecule has 1 aliphatic rings. The van der Waals surface area contributed by atoms with E-state index in [1.165, 1.54) is 12.7 Å². The van der Waals surface area contributed by atoms with E-state index in [1.54, 1.807) is 18.8 Å². The van der Waals surface area contributed by atoms with Crippen LogP contribution < -0.4 is 15.0 Å². The van der Waals surface area contributed by atoms with Crippen LogP contribution in [0, 0.1) is 0 Å². The summed E-state index contributed by atoms with van der Waals surface area (Å²) in [6.45, 7) is 0.0747. The van der Waals surface area contributed by atoms with Crippen LogP contribution in [0.1, 0.15) is 29.3 Å². The fraction of sp³-hybridized carbons (Fsp3) is 0.258. The van der Waals surface area contributed by atoms with Crippen molar-refractivity contribution in [2.45, 2.75) is 30.5 Å². The van der Waals surface area contributed by atoms with Gasteiger partial charge in [0, 0.05) is 6.42 Å². The molecule has 0 spiro atoms. The zero-order chi connectivity index (χ0) is 28.4. The third kappa shape index (κ3) is 4.86. The second-order valence-electron chi connectivity index (χ2n) is 9.80. The Labute approximate surface area is 236 Å². The predicted octanol–water partition coefficient (Wildman–Crippen LogP) is 3.79. The van der Waals surface area contributed by atoms with E-state index in [1.807, 2.05) is 78.9 Å². The highest BCUT2D eigenvalue weighted by atomic mass is 16.6. The number of methoxy groups -OCH3 is 2. The first kappa shape index (κ1) is 26.7. The number of H-pyrrole nitrogens is 1. The van der Waals surface area contributed by atoms with Crippen molar-refractivity contribution in [2.24, 2.45) is 0 Å². The maximum Gasteiger partial charge on any atom is 0.278 e. The number of benzene rings is 3. The molecule has 6 rings (SSSR count). The third-order valence-electron chi connectivity index (χ3n) is 7.52. The highest BCUT2D eigenvalue weighted by Crippen LogP contribution is 2.42. The summed E-state index contributed by atoms with van der Waals surface area (Å²) in [4.78, 5) is 23.1. The Bertz CT molecular complexity index is 1620. The Morgan fingerprint density at radius 3 is 2.15 bits per heavy atom. The SMILES string of the molecule is COc1ccc(C(OC[C@@H]2O[C@H](n3cnc4c(=O)[nH]cnc43)C[C@@H]2O)(c2ccccc2)c2ccc(OC)cc2)cc1. The van der Waals surface area contributed by atoms with Gasteiger partial charge in [0.05, 0.1) is 39.6 Å². The molecule has 1 saturated heterocycles. The van der Waals surface area contributed by atoms with Crippen molar-refractivity contribution in [1.82, 2.24) is 19.5 Å². The Balaban J connectivity index is 1.37. The van der Waals surface area contributed by atoms with Gasteiger partial charge in [-0.1, -0.05) is 54.6 Å². The lowest BCUT2D eigenvalue weighted by molar-refractivity contribution is -0.0931. The number of aromatic amines is 1. The van der Waals surface area contributed by atoms with Crippen LogP contribution in [0.3, 0.4) is 0 Å². The number of hydrogen-bond acceptors (Lipinski definition) is 8. The number of nitrogens with one attached hydrogen (secondary N) is 1. The molecule has 5 aromatic rings. The quantitative estimate of drug-likeness (QED) is 0.264. The molecule has 0 unspecified atom stereocenters. The van der Waals surface area contributed by atoms with Gasteiger partial charge in [-0.2, -0.15) is 0 Å². The minimum absolute atomic E-state index is 0.0747. The van der Waals surface area contributed by atoms with E-state index in [9.17, 15) is 9.90 Å². The van der Waals surface area contributed by atoms with Gasteiger partial charge in [-0.25, -0.2) is 9.97 Å². The van der Waals surface area contributed by atoms with Crippen LogP contribution >= 0.6 is 0 Å². The maximum absolute atomic E-state index is 12.1. The lowest BCUT2D eigenvalue weighted by Gasteiger charge is -2.37. The van der Waals surface area contributed by atoms with Gasteiger partial charge in [0.25, 0.3) is 5.56 Å². The Hall–Kier alpha value is -4.51. The van der Waals surface area contributed by atoms with Crippen molar-refractivity contribution >= 4 is 11.2 Å². The van der Waals surface area contributed by atoms with Crippen LogP contribution in [0.2, 0.25) is 0 Å². The number of aromatic nitrogens is 4. The van der Waals surface area contributed by atoms with E-state index >= 15 is 0 Å². The van der Waals surface area contributed by atoms with Gasteiger partial charge in [-0.05, 0) is 41.0 Å². The van der Waals surface area contributed by atoms with Gasteiger partial charge >= 0.3 is 0 Å². The number of aliphatic hydroxyl groups is 1. The van der Waals surface area contributed by atoms with Crippen LogP contribution in [-0.4, -0.2) is 57.7 Å². The molecule has 0 amide bonds. The zero-order valence-corrected chi connectivity index (χ0v) is 22.6. The van der Waals surface area contributed by atoms with Crippen molar-refractivity contribution < 1.29 is 24.1 Å². The molecule has 3 heterocycles. The van der Waals surface area contributed by atoms with Crippen LogP contribution in [0.25, 0.3) is 11.2 Å². The van der Waals surface area contributed by atoms with E-state index in [0.29, 0.717) is 5.65 Å². The molecule has 41 heavy (non-hydrogen) atoms. The number of hydrogen-bond donors (Lipinski definition) is 2. The number of fused-ring (bicyclic) bond motifs is 1. The van der Waals surface area contributed by atoms with Gasteiger partial charge in [0.15, 0.2) is 11.2 Å². The summed E-state index contributed by atoms with van der Waals surface area (Å²) in [5.41, 5.74) is 1.89. The highest BCUT2D eigenvalue weighted by Gasteiger charge is 2.42. The summed E-state index contributed by atoms with van der Waals surface area (Å²) in [5, 5.41) is 11.1. The standard InChI is InChI=1S/C31H30N4O6/c1-38-23-12-8-21(9-13-23)31(20-6-4-3-5-7-20,22-10-14-24(39-2)15-11-22)40-17-26-25(36)16-27(41-26)35-19-34-28-29(35)32-18-33-30(28)37/h3-15,18-19,25-27,36H,16-17H2,1-2H3,(H,32,33,37)/t25-,26-,27-/m0/s1. The van der Waals surface area contributed by atoms with E-state index < -0.39 is 24.0 Å². The number of rotatable bonds is 9. The number of aliphatic hydroxyl groups excluding tert-OH is 1. The van der Waals surface area contributed by atoms with Crippen molar-refractivity contribution in [3.63, 3.8) is 0 Å². The Morgan fingerprint density at radius 1 is 0.927 bits per heavy atom. The molecule has 0 saturated carbocycles. The minimum Gasteiger partial charge on any atom is -0.497 e. The monoisotopic (exact) mass is 554 g/mol. The van der Waals surface area contributed by atoms with Crippen LogP contribution in [-0.2, 0) is 15.1 Å². The molecule has 10 nitrogen and oxygen atoms in total. The fourth-order valence-electron chi connectivity index (χ4n) is 5.39. The fourth-order valence-corrected chi connectivity index (χ4v) is 5.39. The van der Waals surface area contributed by atoms with Gasteiger partial charge in [-0.15, -0.1) is 0 Å². The highest BCUT2D eigenvalue weighted by molar-refractivity contribution is 5.68. The minimum atomic E-state index is -1.04. The summed E-state index contributed by atoms with van der Waals surface area (Å²) in [7, 11) is 3.26. The second kappa shape index (κ2) is 11.2. The summed E-state index contributed by atoms with van der Waals surface area (Å²) in [6, 6.07) is 25.4. The van der Waals surface area contributed by atoms with Crippen molar-refractivity contribution in [3.8, 4) is 11.5 Å². The Kier molecular flexibility index (Phi) is 7.27. The van der Waals surface area contributed by atoms with Crippen LogP contribution in [0.4, 0.5) is 0 Å². The molecule has 0 bridgehead atoms. The molecular formula is C31H30N4O6. The van der Waals surface area contributed by atoms with Crippen molar-refractivity contribution in [2.75, 3.05) is 20.8 Å². The average molecular weight is 555 g/mol. The van der Waals surface area contributed by atoms with Gasteiger partial charge in [0.1, 0.15) is 29.4 Å². The predicted molar refractivity (Wildman–Crippen MR) is 151 cm³/mol. The smallest absolute Gasteiger partial charge is 0.278 e.